The van der Waals surface area contributed by atoms with Crippen molar-refractivity contribution < 1.29 is 30.7 Å². The van der Waals surface area contributed by atoms with E-state index in [4.69, 9.17) is 10.3 Å². The van der Waals surface area contributed by atoms with Crippen molar-refractivity contribution in [3.05, 3.63) is 29.8 Å². The summed E-state index contributed by atoms with van der Waals surface area (Å²) in [5, 5.41) is 2.89. The van der Waals surface area contributed by atoms with Crippen molar-refractivity contribution in [2.24, 2.45) is 0 Å². The summed E-state index contributed by atoms with van der Waals surface area (Å²) in [6.07, 6.45) is 0. The average molecular weight is 388 g/mol. The zero-order chi connectivity index (χ0) is 19.0. The Bertz CT molecular complexity index is 1060. The van der Waals surface area contributed by atoms with E-state index >= 15 is 0 Å². The summed E-state index contributed by atoms with van der Waals surface area (Å²) in [5.74, 6) is -0.497. The van der Waals surface area contributed by atoms with Crippen LogP contribution in [0.1, 0.15) is 17.3 Å². The zero-order valence-electron chi connectivity index (χ0n) is 13.1. The molecular formula is C14H16N2O7S2. The van der Waals surface area contributed by atoms with Crippen molar-refractivity contribution in [3.8, 4) is 0 Å². The number of hydrogen-bond donors (Lipinski definition) is 4. The fraction of sp³-hybridized carbons (Fsp3) is 0.214. The normalized spacial score (nSPS) is 12.4. The van der Waals surface area contributed by atoms with E-state index in [1.54, 1.807) is 6.92 Å². The predicted molar refractivity (Wildman–Crippen MR) is 90.9 cm³/mol. The summed E-state index contributed by atoms with van der Waals surface area (Å²) >= 11 is 0. The van der Waals surface area contributed by atoms with Gasteiger partial charge in [0.2, 0.25) is 0 Å². The standard InChI is InChI=1S/C14H16N2O7S2/c1-2-16-7-13(17)11-5-9(24(18,19)20)3-8-4-10(25(21,22)23)6-12(15)14(8)11/h3-6,16H,2,7,15H2,1H3,(H,18,19,20)(H,21,22,23). The maximum absolute atomic E-state index is 12.4. The maximum Gasteiger partial charge on any atom is 0.294 e. The van der Waals surface area contributed by atoms with Gasteiger partial charge < -0.3 is 11.1 Å². The molecule has 0 saturated carbocycles. The number of nitrogens with one attached hydrogen (secondary N) is 1. The Balaban J connectivity index is 2.88. The van der Waals surface area contributed by atoms with Crippen LogP contribution in [0.3, 0.4) is 0 Å². The first-order valence-electron chi connectivity index (χ1n) is 7.01. The molecule has 0 atom stereocenters. The molecular weight excluding hydrogens is 372 g/mol. The molecule has 0 radical (unpaired) electrons. The second-order valence-electron chi connectivity index (χ2n) is 5.24. The van der Waals surface area contributed by atoms with Gasteiger partial charge in [0.25, 0.3) is 20.2 Å². The monoisotopic (exact) mass is 388 g/mol. The van der Waals surface area contributed by atoms with Crippen LogP contribution in [0.5, 0.6) is 0 Å². The number of hydrogen-bond acceptors (Lipinski definition) is 7. The molecule has 2 aromatic carbocycles. The first-order chi connectivity index (χ1) is 11.4. The van der Waals surface area contributed by atoms with Crippen LogP contribution in [0.25, 0.3) is 10.8 Å². The largest absolute Gasteiger partial charge is 0.398 e. The molecule has 2 rings (SSSR count). The highest BCUT2D eigenvalue weighted by atomic mass is 32.2. The van der Waals surface area contributed by atoms with E-state index in [0.717, 1.165) is 24.3 Å². The third kappa shape index (κ3) is 4.14. The Morgan fingerprint density at radius 2 is 1.56 bits per heavy atom. The van der Waals surface area contributed by atoms with Gasteiger partial charge in [0, 0.05) is 16.6 Å². The van der Waals surface area contributed by atoms with Crippen molar-refractivity contribution in [1.29, 1.82) is 0 Å². The molecule has 9 nitrogen and oxygen atoms in total. The minimum Gasteiger partial charge on any atom is -0.398 e. The number of likely N-dealkylation sites (N-methyl/N-ethyl adjacent to an activating group) is 1. The van der Waals surface area contributed by atoms with Gasteiger partial charge in [-0.2, -0.15) is 16.8 Å². The molecule has 2 aromatic rings. The molecule has 0 aliphatic carbocycles. The number of carbonyl (C=O) groups excluding carboxylic acids is 1. The van der Waals surface area contributed by atoms with Gasteiger partial charge in [-0.15, -0.1) is 0 Å². The summed E-state index contributed by atoms with van der Waals surface area (Å²) in [6.45, 7) is 2.15. The Kier molecular flexibility index (Phi) is 5.16. The number of nitrogen functional groups attached to an aromatic ring is 1. The number of nitrogens with two attached hydrogens (primary N) is 1. The molecule has 0 amide bonds. The van der Waals surface area contributed by atoms with Gasteiger partial charge in [0.05, 0.1) is 16.3 Å². The first kappa shape index (κ1) is 19.3. The Morgan fingerprint density at radius 3 is 2.04 bits per heavy atom. The van der Waals surface area contributed by atoms with Gasteiger partial charge in [0.15, 0.2) is 5.78 Å². The van der Waals surface area contributed by atoms with E-state index in [1.807, 2.05) is 0 Å². The Labute approximate surface area is 144 Å². The molecule has 11 heteroatoms. The van der Waals surface area contributed by atoms with E-state index in [0.29, 0.717) is 6.54 Å². The van der Waals surface area contributed by atoms with Gasteiger partial charge in [0.1, 0.15) is 0 Å². The van der Waals surface area contributed by atoms with Gasteiger partial charge in [-0.3, -0.25) is 13.9 Å². The third-order valence-electron chi connectivity index (χ3n) is 3.46. The molecule has 0 heterocycles. The molecule has 5 N–H and O–H groups in total. The first-order valence-corrected chi connectivity index (χ1v) is 9.89. The predicted octanol–water partition coefficient (Wildman–Crippen LogP) is 0.708. The van der Waals surface area contributed by atoms with Crippen molar-refractivity contribution in [3.63, 3.8) is 0 Å². The van der Waals surface area contributed by atoms with Crippen LogP contribution in [0.2, 0.25) is 0 Å². The van der Waals surface area contributed by atoms with Gasteiger partial charge in [-0.05, 0) is 36.2 Å². The maximum atomic E-state index is 12.4. The zero-order valence-corrected chi connectivity index (χ0v) is 14.7. The van der Waals surface area contributed by atoms with Crippen LogP contribution in [0, 0.1) is 0 Å². The molecule has 0 saturated heterocycles. The minimum atomic E-state index is -4.66. The number of Topliss-reactive ketones (excluding diaryl/α,β-unsaturated/α-hetero) is 1. The van der Waals surface area contributed by atoms with Crippen LogP contribution < -0.4 is 11.1 Å². The molecule has 0 spiro atoms. The van der Waals surface area contributed by atoms with Crippen molar-refractivity contribution in [2.75, 3.05) is 18.8 Å². The number of ketones is 1. The molecule has 0 aliphatic heterocycles. The third-order valence-corrected chi connectivity index (χ3v) is 5.12. The van der Waals surface area contributed by atoms with Crippen molar-refractivity contribution in [2.45, 2.75) is 16.7 Å². The molecule has 0 fully saturated rings. The van der Waals surface area contributed by atoms with Crippen LogP contribution in [-0.2, 0) is 20.2 Å². The van der Waals surface area contributed by atoms with Crippen molar-refractivity contribution in [1.82, 2.24) is 5.32 Å². The highest BCUT2D eigenvalue weighted by Crippen LogP contribution is 2.31. The number of fused-ring (bicyclic) bond motifs is 1. The fourth-order valence-electron chi connectivity index (χ4n) is 2.34. The van der Waals surface area contributed by atoms with Crippen LogP contribution in [0.15, 0.2) is 34.1 Å². The van der Waals surface area contributed by atoms with E-state index in [1.165, 1.54) is 0 Å². The molecule has 25 heavy (non-hydrogen) atoms. The lowest BCUT2D eigenvalue weighted by atomic mass is 9.99. The van der Waals surface area contributed by atoms with Gasteiger partial charge in [-0.1, -0.05) is 6.92 Å². The van der Waals surface area contributed by atoms with Crippen LogP contribution in [0.4, 0.5) is 5.69 Å². The van der Waals surface area contributed by atoms with Crippen LogP contribution in [-0.4, -0.2) is 44.8 Å². The number of carbonyl (C=O) groups is 1. The summed E-state index contributed by atoms with van der Waals surface area (Å²) in [6, 6.07) is 3.88. The average Bonchev–Trinajstić information content (AvgIpc) is 2.49. The van der Waals surface area contributed by atoms with E-state index < -0.39 is 35.8 Å². The molecule has 0 aromatic heterocycles. The molecule has 0 aliphatic rings. The second kappa shape index (κ2) is 6.69. The Hall–Kier alpha value is -2.05. The number of benzene rings is 2. The topological polar surface area (TPSA) is 164 Å². The summed E-state index contributed by atoms with van der Waals surface area (Å²) < 4.78 is 64.0. The van der Waals surface area contributed by atoms with Crippen molar-refractivity contribution >= 4 is 42.5 Å². The summed E-state index contributed by atoms with van der Waals surface area (Å²) in [5.41, 5.74) is 5.60. The number of rotatable bonds is 6. The smallest absolute Gasteiger partial charge is 0.294 e. The van der Waals surface area contributed by atoms with Crippen LogP contribution >= 0.6 is 0 Å². The lowest BCUT2D eigenvalue weighted by Crippen LogP contribution is -2.23. The van der Waals surface area contributed by atoms with Gasteiger partial charge >= 0.3 is 0 Å². The van der Waals surface area contributed by atoms with E-state index in [9.17, 15) is 26.2 Å². The minimum absolute atomic E-state index is 0.0254. The number of anilines is 1. The Morgan fingerprint density at radius 1 is 1.04 bits per heavy atom. The SMILES string of the molecule is CCNCC(=O)c1cc(S(=O)(=O)O)cc2cc(S(=O)(=O)O)cc(N)c12. The quantitative estimate of drug-likeness (QED) is 0.317. The molecule has 0 bridgehead atoms. The highest BCUT2D eigenvalue weighted by molar-refractivity contribution is 7.86. The summed E-state index contributed by atoms with van der Waals surface area (Å²) in [7, 11) is -9.26. The summed E-state index contributed by atoms with van der Waals surface area (Å²) in [4.78, 5) is 11.2. The second-order valence-corrected chi connectivity index (χ2v) is 8.08. The lowest BCUT2D eigenvalue weighted by molar-refractivity contribution is 0.0993. The molecule has 136 valence electrons. The molecule has 0 unspecified atom stereocenters. The van der Waals surface area contributed by atoms with E-state index in [-0.39, 0.29) is 28.6 Å². The highest BCUT2D eigenvalue weighted by Gasteiger charge is 2.21. The van der Waals surface area contributed by atoms with E-state index in [2.05, 4.69) is 5.32 Å². The fourth-order valence-corrected chi connectivity index (χ4v) is 3.44. The lowest BCUT2D eigenvalue weighted by Gasteiger charge is -2.12. The van der Waals surface area contributed by atoms with Gasteiger partial charge in [-0.25, -0.2) is 0 Å².